The van der Waals surface area contributed by atoms with E-state index in [-0.39, 0.29) is 5.92 Å². The molecule has 0 spiro atoms. The number of alkyl halides is 3. The first-order chi connectivity index (χ1) is 6.43. The molecule has 0 radical (unpaired) electrons. The zero-order valence-corrected chi connectivity index (χ0v) is 7.75. The maximum atomic E-state index is 12.1. The van der Waals surface area contributed by atoms with Crippen LogP contribution in [0.25, 0.3) is 0 Å². The molecule has 0 aliphatic carbocycles. The molecule has 2 N–H and O–H groups in total. The van der Waals surface area contributed by atoms with Gasteiger partial charge in [0.2, 0.25) is 0 Å². The van der Waals surface area contributed by atoms with Gasteiger partial charge in [-0.3, -0.25) is 4.68 Å². The minimum absolute atomic E-state index is 0.121. The SMILES string of the molecule is C[C@H](CN)Cn1ccc(C(F)(F)F)n1. The van der Waals surface area contributed by atoms with Crippen molar-refractivity contribution in [2.24, 2.45) is 11.7 Å². The Balaban J connectivity index is 2.69. The molecule has 1 heterocycles. The van der Waals surface area contributed by atoms with Crippen LogP contribution in [-0.2, 0) is 12.7 Å². The highest BCUT2D eigenvalue weighted by Crippen LogP contribution is 2.27. The largest absolute Gasteiger partial charge is 0.435 e. The van der Waals surface area contributed by atoms with Gasteiger partial charge in [-0.15, -0.1) is 0 Å². The van der Waals surface area contributed by atoms with Crippen LogP contribution >= 0.6 is 0 Å². The van der Waals surface area contributed by atoms with Gasteiger partial charge in [0, 0.05) is 12.7 Å². The van der Waals surface area contributed by atoms with Gasteiger partial charge in [-0.1, -0.05) is 6.92 Å². The van der Waals surface area contributed by atoms with Crippen LogP contribution in [0, 0.1) is 5.92 Å². The van der Waals surface area contributed by atoms with Crippen molar-refractivity contribution in [3.63, 3.8) is 0 Å². The Kier molecular flexibility index (Phi) is 3.15. The van der Waals surface area contributed by atoms with Crippen molar-refractivity contribution in [1.29, 1.82) is 0 Å². The number of hydrogen-bond donors (Lipinski definition) is 1. The smallest absolute Gasteiger partial charge is 0.330 e. The lowest BCUT2D eigenvalue weighted by molar-refractivity contribution is -0.141. The summed E-state index contributed by atoms with van der Waals surface area (Å²) in [6, 6.07) is 0.962. The van der Waals surface area contributed by atoms with Crippen molar-refractivity contribution < 1.29 is 13.2 Å². The fourth-order valence-corrected chi connectivity index (χ4v) is 1.01. The second-order valence-electron chi connectivity index (χ2n) is 3.26. The number of hydrogen-bond acceptors (Lipinski definition) is 2. The second kappa shape index (κ2) is 4.00. The van der Waals surface area contributed by atoms with Crippen LogP contribution in [0.5, 0.6) is 0 Å². The first kappa shape index (κ1) is 11.0. The molecule has 1 aromatic rings. The molecule has 0 unspecified atom stereocenters. The molecule has 0 aliphatic heterocycles. The molecule has 0 amide bonds. The summed E-state index contributed by atoms with van der Waals surface area (Å²) in [6.07, 6.45) is -3.05. The number of aromatic nitrogens is 2. The fourth-order valence-electron chi connectivity index (χ4n) is 1.01. The molecule has 6 heteroatoms. The van der Waals surface area contributed by atoms with Crippen molar-refractivity contribution in [2.45, 2.75) is 19.6 Å². The monoisotopic (exact) mass is 207 g/mol. The summed E-state index contributed by atoms with van der Waals surface area (Å²) in [5.41, 5.74) is 4.49. The van der Waals surface area contributed by atoms with Gasteiger partial charge in [0.1, 0.15) is 0 Å². The first-order valence-corrected chi connectivity index (χ1v) is 4.24. The van der Waals surface area contributed by atoms with Gasteiger partial charge < -0.3 is 5.73 Å². The molecule has 14 heavy (non-hydrogen) atoms. The lowest BCUT2D eigenvalue weighted by Crippen LogP contribution is -2.18. The summed E-state index contributed by atoms with van der Waals surface area (Å²) in [4.78, 5) is 0. The first-order valence-electron chi connectivity index (χ1n) is 4.24. The third kappa shape index (κ3) is 2.73. The molecular formula is C8H12F3N3. The van der Waals surface area contributed by atoms with Crippen molar-refractivity contribution in [3.8, 4) is 0 Å². The van der Waals surface area contributed by atoms with Crippen LogP contribution in [-0.4, -0.2) is 16.3 Å². The summed E-state index contributed by atoms with van der Waals surface area (Å²) in [5.74, 6) is 0.121. The van der Waals surface area contributed by atoms with Gasteiger partial charge in [-0.25, -0.2) is 0 Å². The maximum Gasteiger partial charge on any atom is 0.435 e. The van der Waals surface area contributed by atoms with Crippen LogP contribution < -0.4 is 5.73 Å². The Labute approximate surface area is 79.7 Å². The number of rotatable bonds is 3. The number of halogens is 3. The van der Waals surface area contributed by atoms with Gasteiger partial charge in [0.15, 0.2) is 5.69 Å². The van der Waals surface area contributed by atoms with Gasteiger partial charge in [-0.05, 0) is 18.5 Å². The molecule has 0 fully saturated rings. The van der Waals surface area contributed by atoms with Crippen molar-refractivity contribution in [3.05, 3.63) is 18.0 Å². The quantitative estimate of drug-likeness (QED) is 0.816. The summed E-state index contributed by atoms with van der Waals surface area (Å²) < 4.78 is 37.6. The fraction of sp³-hybridized carbons (Fsp3) is 0.625. The molecule has 0 saturated heterocycles. The van der Waals surface area contributed by atoms with Crippen molar-refractivity contribution >= 4 is 0 Å². The van der Waals surface area contributed by atoms with Gasteiger partial charge in [0.25, 0.3) is 0 Å². The predicted molar refractivity (Wildman–Crippen MR) is 45.4 cm³/mol. The van der Waals surface area contributed by atoms with E-state index in [1.807, 2.05) is 6.92 Å². The van der Waals surface area contributed by atoms with E-state index in [2.05, 4.69) is 5.10 Å². The van der Waals surface area contributed by atoms with Crippen molar-refractivity contribution in [2.75, 3.05) is 6.54 Å². The lowest BCUT2D eigenvalue weighted by Gasteiger charge is -2.07. The van der Waals surface area contributed by atoms with E-state index >= 15 is 0 Å². The molecule has 3 nitrogen and oxygen atoms in total. The Morgan fingerprint density at radius 1 is 1.57 bits per heavy atom. The summed E-state index contributed by atoms with van der Waals surface area (Å²) in [6.45, 7) is 2.70. The second-order valence-corrected chi connectivity index (χ2v) is 3.26. The van der Waals surface area contributed by atoms with Crippen LogP contribution in [0.1, 0.15) is 12.6 Å². The summed E-state index contributed by atoms with van der Waals surface area (Å²) in [5, 5.41) is 3.41. The molecule has 0 saturated carbocycles. The van der Waals surface area contributed by atoms with Crippen molar-refractivity contribution in [1.82, 2.24) is 9.78 Å². The van der Waals surface area contributed by atoms with Crippen LogP contribution in [0.3, 0.4) is 0 Å². The average Bonchev–Trinajstić information content (AvgIpc) is 2.51. The molecule has 0 aliphatic rings. The average molecular weight is 207 g/mol. The topological polar surface area (TPSA) is 43.8 Å². The van der Waals surface area contributed by atoms with E-state index in [1.54, 1.807) is 0 Å². The number of nitrogens with two attached hydrogens (primary N) is 1. The predicted octanol–water partition coefficient (Wildman–Crippen LogP) is 1.50. The Morgan fingerprint density at radius 3 is 2.64 bits per heavy atom. The molecule has 1 rings (SSSR count). The molecule has 1 aromatic heterocycles. The number of nitrogens with zero attached hydrogens (tertiary/aromatic N) is 2. The van der Waals surface area contributed by atoms with E-state index < -0.39 is 11.9 Å². The highest BCUT2D eigenvalue weighted by molar-refractivity contribution is 5.03. The molecule has 80 valence electrons. The minimum Gasteiger partial charge on any atom is -0.330 e. The van der Waals surface area contributed by atoms with E-state index in [9.17, 15) is 13.2 Å². The Hall–Kier alpha value is -1.04. The lowest BCUT2D eigenvalue weighted by atomic mass is 10.2. The summed E-state index contributed by atoms with van der Waals surface area (Å²) in [7, 11) is 0. The minimum atomic E-state index is -4.36. The van der Waals surface area contributed by atoms with Gasteiger partial charge in [-0.2, -0.15) is 18.3 Å². The Bertz CT molecular complexity index is 292. The standard InChI is InChI=1S/C8H12F3N3/c1-6(4-12)5-14-3-2-7(13-14)8(9,10)11/h2-3,6H,4-5,12H2,1H3/t6-/m1/s1. The maximum absolute atomic E-state index is 12.1. The van der Waals surface area contributed by atoms with Crippen LogP contribution in [0.2, 0.25) is 0 Å². The molecule has 0 aromatic carbocycles. The van der Waals surface area contributed by atoms with E-state index in [0.29, 0.717) is 13.1 Å². The Morgan fingerprint density at radius 2 is 2.21 bits per heavy atom. The van der Waals surface area contributed by atoms with E-state index in [0.717, 1.165) is 6.07 Å². The zero-order valence-electron chi connectivity index (χ0n) is 7.75. The third-order valence-electron chi connectivity index (χ3n) is 1.83. The van der Waals surface area contributed by atoms with Gasteiger partial charge in [0.05, 0.1) is 0 Å². The molecular weight excluding hydrogens is 195 g/mol. The van der Waals surface area contributed by atoms with Gasteiger partial charge >= 0.3 is 6.18 Å². The zero-order chi connectivity index (χ0) is 10.8. The van der Waals surface area contributed by atoms with E-state index in [1.165, 1.54) is 10.9 Å². The molecule has 0 bridgehead atoms. The third-order valence-corrected chi connectivity index (χ3v) is 1.83. The highest BCUT2D eigenvalue weighted by atomic mass is 19.4. The normalized spacial score (nSPS) is 14.4. The highest BCUT2D eigenvalue weighted by Gasteiger charge is 2.33. The van der Waals surface area contributed by atoms with E-state index in [4.69, 9.17) is 5.73 Å². The van der Waals surface area contributed by atoms with Crippen LogP contribution in [0.4, 0.5) is 13.2 Å². The summed E-state index contributed by atoms with van der Waals surface area (Å²) >= 11 is 0. The molecule has 1 atom stereocenters. The van der Waals surface area contributed by atoms with Crippen LogP contribution in [0.15, 0.2) is 12.3 Å².